The monoisotopic (exact) mass is 537 g/mol. The molecule has 2 aliphatic rings. The molecule has 1 unspecified atom stereocenters. The lowest BCUT2D eigenvalue weighted by Crippen LogP contribution is -2.44. The molecule has 1 N–H and O–H groups in total. The Labute approximate surface area is 223 Å². The van der Waals surface area contributed by atoms with E-state index in [0.717, 1.165) is 5.56 Å². The summed E-state index contributed by atoms with van der Waals surface area (Å²) in [7, 11) is 0. The fourth-order valence-corrected chi connectivity index (χ4v) is 5.12. The summed E-state index contributed by atoms with van der Waals surface area (Å²) in [4.78, 5) is 32.8. The Balaban J connectivity index is 1.38. The van der Waals surface area contributed by atoms with Crippen molar-refractivity contribution in [2.45, 2.75) is 25.1 Å². The second kappa shape index (κ2) is 11.1. The van der Waals surface area contributed by atoms with E-state index in [1.54, 1.807) is 47.4 Å². The fourth-order valence-electron chi connectivity index (χ4n) is 3.90. The molecule has 0 saturated carbocycles. The van der Waals surface area contributed by atoms with Gasteiger partial charge >= 0.3 is 0 Å². The minimum absolute atomic E-state index is 0.0336. The Morgan fingerprint density at radius 1 is 1.14 bits per heavy atom. The molecular weight excluding hydrogens is 514 g/mol. The summed E-state index contributed by atoms with van der Waals surface area (Å²) in [6.07, 6.45) is 0.0336. The molecule has 37 heavy (non-hydrogen) atoms. The molecule has 0 aliphatic carbocycles. The number of aliphatic imine (C=N–C) groups is 1. The number of thioether (sulfide) groups is 1. The Hall–Kier alpha value is -3.69. The summed E-state index contributed by atoms with van der Waals surface area (Å²) in [6, 6.07) is 19.7. The van der Waals surface area contributed by atoms with E-state index in [1.165, 1.54) is 11.8 Å². The van der Waals surface area contributed by atoms with Crippen molar-refractivity contribution in [3.05, 3.63) is 77.3 Å². The first kappa shape index (κ1) is 25.0. The number of hydrogen-bond donors (Lipinski definition) is 1. The number of amides is 2. The third-order valence-corrected chi connectivity index (χ3v) is 7.11. The minimum Gasteiger partial charge on any atom is -0.494 e. The van der Waals surface area contributed by atoms with Crippen LogP contribution in [0, 0.1) is 0 Å². The first-order valence-electron chi connectivity index (χ1n) is 11.7. The van der Waals surface area contributed by atoms with Crippen LogP contribution in [0.3, 0.4) is 0 Å². The van der Waals surface area contributed by atoms with Crippen LogP contribution in [0.15, 0.2) is 71.7 Å². The van der Waals surface area contributed by atoms with Crippen molar-refractivity contribution in [1.29, 1.82) is 0 Å². The molecule has 190 valence electrons. The molecule has 1 saturated heterocycles. The lowest BCUT2D eigenvalue weighted by molar-refractivity contribution is -0.129. The van der Waals surface area contributed by atoms with Crippen molar-refractivity contribution >= 4 is 51.7 Å². The zero-order valence-electron chi connectivity index (χ0n) is 20.0. The van der Waals surface area contributed by atoms with E-state index < -0.39 is 5.25 Å². The lowest BCUT2D eigenvalue weighted by Gasteiger charge is -2.32. The number of nitrogens with one attached hydrogen (secondary N) is 1. The van der Waals surface area contributed by atoms with Crippen LogP contribution in [0.1, 0.15) is 18.9 Å². The van der Waals surface area contributed by atoms with Crippen LogP contribution < -0.4 is 19.5 Å². The maximum absolute atomic E-state index is 13.3. The van der Waals surface area contributed by atoms with Crippen LogP contribution in [0.2, 0.25) is 5.02 Å². The van der Waals surface area contributed by atoms with Crippen molar-refractivity contribution in [3.63, 3.8) is 0 Å². The quantitative estimate of drug-likeness (QED) is 0.420. The molecule has 2 aliphatic heterocycles. The maximum atomic E-state index is 13.3. The van der Waals surface area contributed by atoms with Gasteiger partial charge in [-0.25, -0.2) is 4.99 Å². The molecule has 5 rings (SSSR count). The van der Waals surface area contributed by atoms with Gasteiger partial charge in [-0.05, 0) is 61.0 Å². The van der Waals surface area contributed by atoms with Gasteiger partial charge in [0.05, 0.1) is 18.8 Å². The number of benzene rings is 3. The third-order valence-electron chi connectivity index (χ3n) is 5.67. The zero-order valence-corrected chi connectivity index (χ0v) is 21.6. The summed E-state index contributed by atoms with van der Waals surface area (Å²) in [6.45, 7) is 2.87. The molecule has 1 atom stereocenters. The van der Waals surface area contributed by atoms with Gasteiger partial charge in [0.15, 0.2) is 16.7 Å². The number of carbonyl (C=O) groups is 2. The number of fused-ring (bicyclic) bond motifs is 1. The summed E-state index contributed by atoms with van der Waals surface area (Å²) in [5.41, 5.74) is 2.08. The standard InChI is InChI=1S/C27H24ClN3O5S/c1-2-34-21-5-3-4-20(13-21)29-26(33)24-14-25(32)31(15-17-6-11-22-23(12-17)36-16-35-22)27(37-24)30-19-9-7-18(28)8-10-19/h3-13,24H,2,14-16H2,1H3,(H,29,33). The van der Waals surface area contributed by atoms with Gasteiger partial charge < -0.3 is 19.5 Å². The molecule has 2 heterocycles. The summed E-state index contributed by atoms with van der Waals surface area (Å²) in [5, 5.41) is 3.27. The SMILES string of the molecule is CCOc1cccc(NC(=O)C2CC(=O)N(Cc3ccc4c(c3)OCO4)C(=Nc3ccc(Cl)cc3)S2)c1. The number of halogens is 1. The fraction of sp³-hybridized carbons (Fsp3) is 0.222. The minimum atomic E-state index is -0.651. The van der Waals surface area contributed by atoms with E-state index in [-0.39, 0.29) is 31.6 Å². The Morgan fingerprint density at radius 3 is 2.76 bits per heavy atom. The number of nitrogens with zero attached hydrogens (tertiary/aromatic N) is 2. The molecule has 0 radical (unpaired) electrons. The number of rotatable bonds is 7. The van der Waals surface area contributed by atoms with Crippen LogP contribution in [-0.2, 0) is 16.1 Å². The smallest absolute Gasteiger partial charge is 0.238 e. The number of ether oxygens (including phenoxy) is 3. The third kappa shape index (κ3) is 6.00. The van der Waals surface area contributed by atoms with Gasteiger partial charge in [0.25, 0.3) is 0 Å². The average molecular weight is 538 g/mol. The number of hydrogen-bond acceptors (Lipinski definition) is 7. The van der Waals surface area contributed by atoms with Gasteiger partial charge in [0.2, 0.25) is 18.6 Å². The highest BCUT2D eigenvalue weighted by Crippen LogP contribution is 2.35. The number of amidine groups is 1. The van der Waals surface area contributed by atoms with Crippen molar-refractivity contribution < 1.29 is 23.8 Å². The van der Waals surface area contributed by atoms with Gasteiger partial charge in [0, 0.05) is 23.2 Å². The molecule has 10 heteroatoms. The Kier molecular flexibility index (Phi) is 7.52. The van der Waals surface area contributed by atoms with E-state index in [0.29, 0.717) is 45.4 Å². The molecule has 8 nitrogen and oxygen atoms in total. The topological polar surface area (TPSA) is 89.5 Å². The van der Waals surface area contributed by atoms with Gasteiger partial charge in [-0.1, -0.05) is 35.5 Å². The van der Waals surface area contributed by atoms with Gasteiger partial charge in [-0.3, -0.25) is 14.5 Å². The van der Waals surface area contributed by atoms with E-state index in [2.05, 4.69) is 5.32 Å². The van der Waals surface area contributed by atoms with Crippen LogP contribution in [0.5, 0.6) is 17.2 Å². The van der Waals surface area contributed by atoms with Crippen molar-refractivity contribution in [3.8, 4) is 17.2 Å². The molecule has 2 amide bonds. The molecule has 0 bridgehead atoms. The Morgan fingerprint density at radius 2 is 1.95 bits per heavy atom. The van der Waals surface area contributed by atoms with Gasteiger partial charge in [-0.2, -0.15) is 0 Å². The first-order valence-corrected chi connectivity index (χ1v) is 13.0. The molecule has 3 aromatic rings. The molecule has 0 spiro atoms. The highest BCUT2D eigenvalue weighted by molar-refractivity contribution is 8.15. The van der Waals surface area contributed by atoms with E-state index >= 15 is 0 Å². The average Bonchev–Trinajstić information content (AvgIpc) is 3.36. The van der Waals surface area contributed by atoms with Crippen LogP contribution in [0.4, 0.5) is 11.4 Å². The second-order valence-electron chi connectivity index (χ2n) is 8.30. The highest BCUT2D eigenvalue weighted by atomic mass is 35.5. The summed E-state index contributed by atoms with van der Waals surface area (Å²) < 4.78 is 16.4. The molecule has 0 aromatic heterocycles. The molecular formula is C27H24ClN3O5S. The van der Waals surface area contributed by atoms with E-state index in [1.807, 2.05) is 31.2 Å². The number of anilines is 1. The van der Waals surface area contributed by atoms with Gasteiger partial charge in [0.1, 0.15) is 11.0 Å². The van der Waals surface area contributed by atoms with Crippen molar-refractivity contribution in [2.75, 3.05) is 18.7 Å². The molecule has 3 aromatic carbocycles. The normalized spacial score (nSPS) is 17.7. The second-order valence-corrected chi connectivity index (χ2v) is 9.91. The van der Waals surface area contributed by atoms with Crippen LogP contribution in [0.25, 0.3) is 0 Å². The summed E-state index contributed by atoms with van der Waals surface area (Å²) in [5.74, 6) is 1.49. The largest absolute Gasteiger partial charge is 0.494 e. The maximum Gasteiger partial charge on any atom is 0.238 e. The summed E-state index contributed by atoms with van der Waals surface area (Å²) >= 11 is 7.28. The number of carbonyl (C=O) groups excluding carboxylic acids is 2. The highest BCUT2D eigenvalue weighted by Gasteiger charge is 2.36. The zero-order chi connectivity index (χ0) is 25.8. The van der Waals surface area contributed by atoms with Crippen LogP contribution in [-0.4, -0.2) is 40.5 Å². The lowest BCUT2D eigenvalue weighted by atomic mass is 10.1. The molecule has 1 fully saturated rings. The van der Waals surface area contributed by atoms with Crippen molar-refractivity contribution in [1.82, 2.24) is 4.90 Å². The van der Waals surface area contributed by atoms with Crippen LogP contribution >= 0.6 is 23.4 Å². The Bertz CT molecular complexity index is 1350. The van der Waals surface area contributed by atoms with Gasteiger partial charge in [-0.15, -0.1) is 0 Å². The predicted molar refractivity (Wildman–Crippen MR) is 144 cm³/mol. The van der Waals surface area contributed by atoms with E-state index in [4.69, 9.17) is 30.8 Å². The predicted octanol–water partition coefficient (Wildman–Crippen LogP) is 5.63. The first-order chi connectivity index (χ1) is 18.0. The van der Waals surface area contributed by atoms with Crippen molar-refractivity contribution in [2.24, 2.45) is 4.99 Å². The van der Waals surface area contributed by atoms with E-state index in [9.17, 15) is 9.59 Å².